The molecule has 0 spiro atoms. The zero-order chi connectivity index (χ0) is 22.5. The van der Waals surface area contributed by atoms with Crippen LogP contribution in [-0.4, -0.2) is 40.9 Å². The average molecular weight is 442 g/mol. The monoisotopic (exact) mass is 441 g/mol. The number of rotatable bonds is 7. The summed E-state index contributed by atoms with van der Waals surface area (Å²) in [5.74, 6) is -1.45. The molecule has 2 aromatic carbocycles. The molecule has 1 N–H and O–H groups in total. The number of halogens is 1. The van der Waals surface area contributed by atoms with Gasteiger partial charge in [0.25, 0.3) is 11.5 Å². The first-order valence-corrected chi connectivity index (χ1v) is 9.68. The number of hydrogen-bond acceptors (Lipinski definition) is 5. The van der Waals surface area contributed by atoms with E-state index < -0.39 is 23.5 Å². The lowest BCUT2D eigenvalue weighted by Gasteiger charge is -2.25. The Morgan fingerprint density at radius 2 is 1.81 bits per heavy atom. The normalized spacial score (nSPS) is 11.6. The van der Waals surface area contributed by atoms with E-state index in [1.165, 1.54) is 36.3 Å². The molecule has 160 valence electrons. The van der Waals surface area contributed by atoms with Gasteiger partial charge in [-0.15, -0.1) is 5.10 Å². The number of carbonyl (C=O) groups excluding carboxylic acids is 1. The molecule has 0 saturated heterocycles. The second-order valence-electron chi connectivity index (χ2n) is 6.74. The highest BCUT2D eigenvalue weighted by molar-refractivity contribution is 6.31. The smallest absolute Gasteiger partial charge is 0.335 e. The average Bonchev–Trinajstić information content (AvgIpc) is 2.78. The molecule has 0 aliphatic heterocycles. The van der Waals surface area contributed by atoms with Crippen LogP contribution in [0.5, 0.6) is 5.88 Å². The Bertz CT molecular complexity index is 1150. The quantitative estimate of drug-likeness (QED) is 0.604. The summed E-state index contributed by atoms with van der Waals surface area (Å²) in [6.45, 7) is 0. The van der Waals surface area contributed by atoms with Crippen LogP contribution in [0.3, 0.4) is 0 Å². The van der Waals surface area contributed by atoms with Crippen LogP contribution in [0.2, 0.25) is 5.02 Å². The third-order valence-electron chi connectivity index (χ3n) is 4.76. The van der Waals surface area contributed by atoms with E-state index in [2.05, 4.69) is 5.10 Å². The molecule has 8 nitrogen and oxygen atoms in total. The van der Waals surface area contributed by atoms with Gasteiger partial charge >= 0.3 is 5.97 Å². The summed E-state index contributed by atoms with van der Waals surface area (Å²) in [6.07, 6.45) is 0.203. The molecule has 0 aliphatic rings. The van der Waals surface area contributed by atoms with Gasteiger partial charge in [-0.1, -0.05) is 41.9 Å². The Morgan fingerprint density at radius 1 is 1.16 bits per heavy atom. The Balaban J connectivity index is 2.02. The van der Waals surface area contributed by atoms with Crippen LogP contribution in [-0.2, 0) is 11.2 Å². The number of nitrogens with zero attached hydrogens (tertiary/aromatic N) is 3. The largest absolute Gasteiger partial charge is 0.479 e. The van der Waals surface area contributed by atoms with E-state index >= 15 is 0 Å². The van der Waals surface area contributed by atoms with Gasteiger partial charge in [0.2, 0.25) is 5.88 Å². The van der Waals surface area contributed by atoms with Crippen LogP contribution < -0.4 is 15.2 Å². The second kappa shape index (κ2) is 9.44. The maximum Gasteiger partial charge on any atom is 0.335 e. The van der Waals surface area contributed by atoms with Crippen molar-refractivity contribution in [1.29, 1.82) is 0 Å². The van der Waals surface area contributed by atoms with Crippen molar-refractivity contribution < 1.29 is 19.4 Å². The number of hydrogen-bond donors (Lipinski definition) is 1. The number of ether oxygens (including phenoxy) is 1. The number of aromatic nitrogens is 2. The Morgan fingerprint density at radius 3 is 2.39 bits per heavy atom. The van der Waals surface area contributed by atoms with Crippen molar-refractivity contribution in [3.63, 3.8) is 0 Å². The summed E-state index contributed by atoms with van der Waals surface area (Å²) in [7, 11) is 2.92. The lowest BCUT2D eigenvalue weighted by molar-refractivity contribution is -0.121. The van der Waals surface area contributed by atoms with Crippen LogP contribution >= 0.6 is 11.6 Å². The van der Waals surface area contributed by atoms with Crippen molar-refractivity contribution in [2.24, 2.45) is 0 Å². The minimum absolute atomic E-state index is 0.0283. The number of anilines is 1. The van der Waals surface area contributed by atoms with Crippen molar-refractivity contribution in [2.75, 3.05) is 19.1 Å². The van der Waals surface area contributed by atoms with Gasteiger partial charge in [0, 0.05) is 25.2 Å². The summed E-state index contributed by atoms with van der Waals surface area (Å²) < 4.78 is 6.18. The number of aromatic carboxylic acids is 1. The molecule has 1 atom stereocenters. The van der Waals surface area contributed by atoms with Crippen LogP contribution in [0.4, 0.5) is 5.69 Å². The number of carboxylic acid groups (broad SMARTS) is 1. The minimum atomic E-state index is -1.06. The number of carbonyl (C=O) groups is 2. The summed E-state index contributed by atoms with van der Waals surface area (Å²) in [5.41, 5.74) is 0.862. The van der Waals surface area contributed by atoms with Crippen molar-refractivity contribution in [3.05, 3.63) is 87.2 Å². The van der Waals surface area contributed by atoms with E-state index in [0.29, 0.717) is 5.69 Å². The van der Waals surface area contributed by atoms with Gasteiger partial charge < -0.3 is 14.7 Å². The zero-order valence-corrected chi connectivity index (χ0v) is 17.6. The summed E-state index contributed by atoms with van der Waals surface area (Å²) in [6, 6.07) is 15.3. The van der Waals surface area contributed by atoms with Crippen LogP contribution in [0, 0.1) is 0 Å². The lowest BCUT2D eigenvalue weighted by atomic mass is 10.0. The lowest BCUT2D eigenvalue weighted by Crippen LogP contribution is -2.40. The molecule has 0 bridgehead atoms. The SMILES string of the molecule is COc1nn([C@@H](Cc2ccccc2)C(=O)N(C)c2ccc(C(=O)O)cc2)c(=O)cc1Cl. The number of amides is 1. The standard InChI is InChI=1S/C22H20ClN3O5/c1-25(16-10-8-15(9-11-16)22(29)30)21(28)18(12-14-6-4-3-5-7-14)26-19(27)13-17(23)20(24-26)31-2/h3-11,13,18H,12H2,1-2H3,(H,29,30)/t18-/m0/s1. The molecule has 0 saturated carbocycles. The minimum Gasteiger partial charge on any atom is -0.479 e. The van der Waals surface area contributed by atoms with Crippen molar-refractivity contribution in [1.82, 2.24) is 9.78 Å². The van der Waals surface area contributed by atoms with Crippen LogP contribution in [0.15, 0.2) is 65.5 Å². The molecule has 0 fully saturated rings. The summed E-state index contributed by atoms with van der Waals surface area (Å²) in [4.78, 5) is 38.5. The molecular weight excluding hydrogens is 422 g/mol. The Hall–Kier alpha value is -3.65. The molecule has 0 radical (unpaired) electrons. The number of likely N-dealkylation sites (N-methyl/N-ethyl adjacent to an activating group) is 1. The van der Waals surface area contributed by atoms with Crippen molar-refractivity contribution in [3.8, 4) is 5.88 Å². The van der Waals surface area contributed by atoms with Crippen LogP contribution in [0.25, 0.3) is 0 Å². The molecule has 0 aliphatic carbocycles. The molecule has 9 heteroatoms. The van der Waals surface area contributed by atoms with Gasteiger partial charge in [-0.05, 0) is 29.8 Å². The van der Waals surface area contributed by atoms with E-state index in [1.807, 2.05) is 30.3 Å². The van der Waals surface area contributed by atoms with E-state index in [1.54, 1.807) is 7.05 Å². The first kappa shape index (κ1) is 22.0. The van der Waals surface area contributed by atoms with Crippen molar-refractivity contribution >= 4 is 29.2 Å². The van der Waals surface area contributed by atoms with E-state index in [9.17, 15) is 14.4 Å². The fourth-order valence-electron chi connectivity index (χ4n) is 3.09. The number of methoxy groups -OCH3 is 1. The molecule has 0 unspecified atom stereocenters. The molecule has 1 heterocycles. The van der Waals surface area contributed by atoms with E-state index in [0.717, 1.165) is 16.3 Å². The predicted octanol–water partition coefficient (Wildman–Crippen LogP) is 3.05. The molecule has 31 heavy (non-hydrogen) atoms. The molecule has 3 aromatic rings. The van der Waals surface area contributed by atoms with Gasteiger partial charge in [-0.3, -0.25) is 9.59 Å². The topological polar surface area (TPSA) is 102 Å². The molecular formula is C22H20ClN3O5. The third kappa shape index (κ3) is 4.92. The Labute approximate surface area is 183 Å². The molecule has 1 amide bonds. The Kier molecular flexibility index (Phi) is 6.71. The van der Waals surface area contributed by atoms with Gasteiger partial charge in [0.05, 0.1) is 12.7 Å². The predicted molar refractivity (Wildman–Crippen MR) is 116 cm³/mol. The first-order valence-electron chi connectivity index (χ1n) is 9.30. The highest BCUT2D eigenvalue weighted by Crippen LogP contribution is 2.23. The van der Waals surface area contributed by atoms with E-state index in [4.69, 9.17) is 21.4 Å². The first-order chi connectivity index (χ1) is 14.8. The molecule has 1 aromatic heterocycles. The van der Waals surface area contributed by atoms with Gasteiger partial charge in [0.15, 0.2) is 0 Å². The zero-order valence-electron chi connectivity index (χ0n) is 16.9. The maximum atomic E-state index is 13.4. The summed E-state index contributed by atoms with van der Waals surface area (Å²) >= 11 is 6.00. The maximum absolute atomic E-state index is 13.4. The number of benzene rings is 2. The number of carboxylic acids is 1. The van der Waals surface area contributed by atoms with E-state index in [-0.39, 0.29) is 22.9 Å². The summed E-state index contributed by atoms with van der Waals surface area (Å²) in [5, 5.41) is 13.3. The van der Waals surface area contributed by atoms with Crippen molar-refractivity contribution in [2.45, 2.75) is 12.5 Å². The fraction of sp³-hybridized carbons (Fsp3) is 0.182. The van der Waals surface area contributed by atoms with Gasteiger partial charge in [-0.25, -0.2) is 9.48 Å². The van der Waals surface area contributed by atoms with Gasteiger partial charge in [-0.2, -0.15) is 0 Å². The highest BCUT2D eigenvalue weighted by atomic mass is 35.5. The highest BCUT2D eigenvalue weighted by Gasteiger charge is 2.28. The third-order valence-corrected chi connectivity index (χ3v) is 5.03. The van der Waals surface area contributed by atoms with Gasteiger partial charge in [0.1, 0.15) is 11.1 Å². The molecule has 3 rings (SSSR count). The second-order valence-corrected chi connectivity index (χ2v) is 7.15. The fourth-order valence-corrected chi connectivity index (χ4v) is 3.30. The van der Waals surface area contributed by atoms with Crippen LogP contribution in [0.1, 0.15) is 22.0 Å².